The van der Waals surface area contributed by atoms with E-state index in [2.05, 4.69) is 20.7 Å². The fourth-order valence-corrected chi connectivity index (χ4v) is 3.56. The van der Waals surface area contributed by atoms with E-state index in [0.717, 1.165) is 28.5 Å². The molecule has 2 unspecified atom stereocenters. The van der Waals surface area contributed by atoms with E-state index in [1.54, 1.807) is 29.8 Å². The summed E-state index contributed by atoms with van der Waals surface area (Å²) in [4.78, 5) is 9.90. The fraction of sp³-hybridized carbons (Fsp3) is 0.455. The summed E-state index contributed by atoms with van der Waals surface area (Å²) in [5, 5.41) is 6.63. The minimum absolute atomic E-state index is 0.313. The molecule has 3 rings (SSSR count). The first-order valence-electron chi connectivity index (χ1n) is 5.47. The molecule has 17 heavy (non-hydrogen) atoms. The molecule has 1 N–H and O–H groups in total. The molecule has 2 aromatic rings. The van der Waals surface area contributed by atoms with Crippen LogP contribution in [0.1, 0.15) is 18.2 Å². The first-order chi connectivity index (χ1) is 8.36. The second-order valence-electron chi connectivity index (χ2n) is 4.00. The Balaban J connectivity index is 1.77. The summed E-state index contributed by atoms with van der Waals surface area (Å²) in [5.41, 5.74) is 2.96. The van der Waals surface area contributed by atoms with Crippen molar-refractivity contribution in [2.24, 2.45) is 0 Å². The monoisotopic (exact) mass is 267 g/mol. The van der Waals surface area contributed by atoms with Crippen molar-refractivity contribution >= 4 is 22.7 Å². The summed E-state index contributed by atoms with van der Waals surface area (Å²) in [6.07, 6.45) is 3.18. The van der Waals surface area contributed by atoms with Gasteiger partial charge in [-0.15, -0.1) is 22.7 Å². The SMILES string of the molecule is COC1CNC(c2csc(-c3cncs3)n2)C1. The Morgan fingerprint density at radius 2 is 2.41 bits per heavy atom. The van der Waals surface area contributed by atoms with Crippen molar-refractivity contribution in [3.8, 4) is 9.88 Å². The van der Waals surface area contributed by atoms with Gasteiger partial charge in [-0.05, 0) is 6.42 Å². The van der Waals surface area contributed by atoms with E-state index in [1.165, 1.54) is 0 Å². The predicted molar refractivity (Wildman–Crippen MR) is 69.4 cm³/mol. The van der Waals surface area contributed by atoms with E-state index >= 15 is 0 Å². The molecule has 1 fully saturated rings. The van der Waals surface area contributed by atoms with Gasteiger partial charge in [0.25, 0.3) is 0 Å². The van der Waals surface area contributed by atoms with Crippen molar-refractivity contribution < 1.29 is 4.74 Å². The zero-order valence-electron chi connectivity index (χ0n) is 9.42. The number of ether oxygens (including phenoxy) is 1. The van der Waals surface area contributed by atoms with E-state index in [0.29, 0.717) is 12.1 Å². The molecule has 2 aromatic heterocycles. The lowest BCUT2D eigenvalue weighted by atomic mass is 10.1. The van der Waals surface area contributed by atoms with Crippen molar-refractivity contribution in [1.29, 1.82) is 0 Å². The molecule has 0 amide bonds. The zero-order chi connectivity index (χ0) is 11.7. The second kappa shape index (κ2) is 4.81. The van der Waals surface area contributed by atoms with Gasteiger partial charge in [-0.25, -0.2) is 4.98 Å². The van der Waals surface area contributed by atoms with Crippen molar-refractivity contribution in [3.63, 3.8) is 0 Å². The summed E-state index contributed by atoms with van der Waals surface area (Å²) in [5.74, 6) is 0. The van der Waals surface area contributed by atoms with Crippen molar-refractivity contribution in [3.05, 3.63) is 22.8 Å². The summed E-state index contributed by atoms with van der Waals surface area (Å²) in [7, 11) is 1.76. The maximum Gasteiger partial charge on any atom is 0.135 e. The molecule has 0 aromatic carbocycles. The minimum Gasteiger partial charge on any atom is -0.380 e. The highest BCUT2D eigenvalue weighted by Crippen LogP contribution is 2.31. The Kier molecular flexibility index (Phi) is 3.19. The minimum atomic E-state index is 0.313. The first kappa shape index (κ1) is 11.3. The van der Waals surface area contributed by atoms with Gasteiger partial charge in [0.2, 0.25) is 0 Å². The average Bonchev–Trinajstić information content (AvgIpc) is 3.09. The standard InChI is InChI=1S/C11H13N3OS2/c1-15-7-2-8(13-3-7)9-5-16-11(14-9)10-4-12-6-17-10/h4-8,13H,2-3H2,1H3. The van der Waals surface area contributed by atoms with Crippen LogP contribution in [-0.4, -0.2) is 29.7 Å². The summed E-state index contributed by atoms with van der Waals surface area (Å²) >= 11 is 3.31. The Morgan fingerprint density at radius 1 is 1.47 bits per heavy atom. The van der Waals surface area contributed by atoms with Crippen LogP contribution in [0.25, 0.3) is 9.88 Å². The molecule has 1 saturated heterocycles. The molecule has 3 heterocycles. The van der Waals surface area contributed by atoms with Crippen LogP contribution in [0.2, 0.25) is 0 Å². The molecule has 0 bridgehead atoms. The Labute approximate surface area is 108 Å². The first-order valence-corrected chi connectivity index (χ1v) is 7.23. The van der Waals surface area contributed by atoms with E-state index in [4.69, 9.17) is 4.74 Å². The van der Waals surface area contributed by atoms with Gasteiger partial charge < -0.3 is 10.1 Å². The molecule has 1 aliphatic heterocycles. The third kappa shape index (κ3) is 2.26. The summed E-state index contributed by atoms with van der Waals surface area (Å²) < 4.78 is 5.35. The molecule has 1 aliphatic rings. The molecule has 90 valence electrons. The van der Waals surface area contributed by atoms with Crippen LogP contribution < -0.4 is 5.32 Å². The number of nitrogens with one attached hydrogen (secondary N) is 1. The lowest BCUT2D eigenvalue weighted by Gasteiger charge is -2.06. The zero-order valence-corrected chi connectivity index (χ0v) is 11.1. The molecule has 0 aliphatic carbocycles. The van der Waals surface area contributed by atoms with E-state index in [-0.39, 0.29) is 0 Å². The molecule has 4 nitrogen and oxygen atoms in total. The van der Waals surface area contributed by atoms with Crippen molar-refractivity contribution in [2.75, 3.05) is 13.7 Å². The molecule has 2 atom stereocenters. The van der Waals surface area contributed by atoms with Gasteiger partial charge in [0.15, 0.2) is 0 Å². The molecule has 6 heteroatoms. The van der Waals surface area contributed by atoms with Crippen LogP contribution >= 0.6 is 22.7 Å². The maximum absolute atomic E-state index is 5.35. The van der Waals surface area contributed by atoms with Crippen LogP contribution in [-0.2, 0) is 4.74 Å². The van der Waals surface area contributed by atoms with Crippen LogP contribution in [0.4, 0.5) is 0 Å². The number of rotatable bonds is 3. The number of hydrogen-bond donors (Lipinski definition) is 1. The van der Waals surface area contributed by atoms with Crippen molar-refractivity contribution in [2.45, 2.75) is 18.6 Å². The molecular formula is C11H13N3OS2. The summed E-state index contributed by atoms with van der Waals surface area (Å²) in [6, 6.07) is 0.331. The predicted octanol–water partition coefficient (Wildman–Crippen LogP) is 2.32. The van der Waals surface area contributed by atoms with E-state index in [1.807, 2.05) is 11.7 Å². The third-order valence-corrected chi connectivity index (χ3v) is 4.75. The molecular weight excluding hydrogens is 254 g/mol. The van der Waals surface area contributed by atoms with Crippen LogP contribution in [0.15, 0.2) is 17.1 Å². The maximum atomic E-state index is 5.35. The molecule has 0 radical (unpaired) electrons. The average molecular weight is 267 g/mol. The van der Waals surface area contributed by atoms with E-state index in [9.17, 15) is 0 Å². The smallest absolute Gasteiger partial charge is 0.135 e. The number of thiazole rings is 2. The van der Waals surface area contributed by atoms with Gasteiger partial charge in [0.05, 0.1) is 28.2 Å². The third-order valence-electron chi connectivity index (χ3n) is 2.95. The van der Waals surface area contributed by atoms with Gasteiger partial charge in [-0.3, -0.25) is 4.98 Å². The fourth-order valence-electron chi connectivity index (χ4n) is 1.99. The molecule has 0 spiro atoms. The summed E-state index contributed by atoms with van der Waals surface area (Å²) in [6.45, 7) is 0.911. The largest absolute Gasteiger partial charge is 0.380 e. The van der Waals surface area contributed by atoms with Gasteiger partial charge >= 0.3 is 0 Å². The normalized spacial score (nSPS) is 24.3. The molecule has 0 saturated carbocycles. The van der Waals surface area contributed by atoms with Gasteiger partial charge in [-0.1, -0.05) is 0 Å². The highest BCUT2D eigenvalue weighted by atomic mass is 32.1. The highest BCUT2D eigenvalue weighted by molar-refractivity contribution is 7.19. The quantitative estimate of drug-likeness (QED) is 0.927. The Morgan fingerprint density at radius 3 is 3.12 bits per heavy atom. The van der Waals surface area contributed by atoms with Gasteiger partial charge in [0, 0.05) is 25.2 Å². The number of aromatic nitrogens is 2. The number of nitrogens with zero attached hydrogens (tertiary/aromatic N) is 2. The number of hydrogen-bond acceptors (Lipinski definition) is 6. The van der Waals surface area contributed by atoms with Gasteiger partial charge in [0.1, 0.15) is 5.01 Å². The second-order valence-corrected chi connectivity index (χ2v) is 5.74. The topological polar surface area (TPSA) is 47.0 Å². The number of methoxy groups -OCH3 is 1. The highest BCUT2D eigenvalue weighted by Gasteiger charge is 2.26. The lowest BCUT2D eigenvalue weighted by molar-refractivity contribution is 0.117. The van der Waals surface area contributed by atoms with Crippen LogP contribution in [0, 0.1) is 0 Å². The van der Waals surface area contributed by atoms with Crippen molar-refractivity contribution in [1.82, 2.24) is 15.3 Å². The lowest BCUT2D eigenvalue weighted by Crippen LogP contribution is -2.16. The van der Waals surface area contributed by atoms with E-state index < -0.39 is 0 Å². The Hall–Kier alpha value is -0.820. The van der Waals surface area contributed by atoms with Crippen LogP contribution in [0.3, 0.4) is 0 Å². The van der Waals surface area contributed by atoms with Gasteiger partial charge in [-0.2, -0.15) is 0 Å². The van der Waals surface area contributed by atoms with Crippen LogP contribution in [0.5, 0.6) is 0 Å². The Bertz CT molecular complexity index is 483.